The maximum atomic E-state index is 12.5. The standard InChI is InChI=1S/C19H19N3O/c1-12-18-15(10-19(2,3)11-16(18)23)22(21-12)17-9-8-13-6-4-5-7-14(13)20-17/h4-9H,10-11H2,1-3H3. The van der Waals surface area contributed by atoms with Crippen LogP contribution in [-0.4, -0.2) is 20.5 Å². The third-order valence-electron chi connectivity index (χ3n) is 4.52. The Hall–Kier alpha value is -2.49. The third-order valence-corrected chi connectivity index (χ3v) is 4.52. The van der Waals surface area contributed by atoms with E-state index in [1.165, 1.54) is 0 Å². The van der Waals surface area contributed by atoms with E-state index in [1.807, 2.05) is 41.9 Å². The van der Waals surface area contributed by atoms with Crippen LogP contribution in [-0.2, 0) is 6.42 Å². The molecule has 0 amide bonds. The first-order valence-electron chi connectivity index (χ1n) is 7.92. The molecule has 116 valence electrons. The molecule has 4 nitrogen and oxygen atoms in total. The van der Waals surface area contributed by atoms with Crippen LogP contribution in [0.25, 0.3) is 16.7 Å². The average molecular weight is 305 g/mol. The van der Waals surface area contributed by atoms with Gasteiger partial charge in [0.05, 0.1) is 22.5 Å². The zero-order valence-corrected chi connectivity index (χ0v) is 13.6. The summed E-state index contributed by atoms with van der Waals surface area (Å²) >= 11 is 0. The number of hydrogen-bond donors (Lipinski definition) is 0. The van der Waals surface area contributed by atoms with Crippen molar-refractivity contribution in [3.8, 4) is 5.82 Å². The van der Waals surface area contributed by atoms with E-state index in [0.717, 1.165) is 40.1 Å². The lowest BCUT2D eigenvalue weighted by atomic mass is 9.75. The first-order chi connectivity index (χ1) is 10.9. The molecule has 1 aromatic carbocycles. The number of benzene rings is 1. The molecule has 0 spiro atoms. The molecule has 0 unspecified atom stereocenters. The molecule has 1 aliphatic carbocycles. The SMILES string of the molecule is Cc1nn(-c2ccc3ccccc3n2)c2c1C(=O)CC(C)(C)C2. The lowest BCUT2D eigenvalue weighted by Crippen LogP contribution is -2.28. The summed E-state index contributed by atoms with van der Waals surface area (Å²) in [7, 11) is 0. The van der Waals surface area contributed by atoms with E-state index in [4.69, 9.17) is 4.98 Å². The molecule has 0 N–H and O–H groups in total. The molecule has 0 fully saturated rings. The number of aromatic nitrogens is 3. The fraction of sp³-hybridized carbons (Fsp3) is 0.316. The lowest BCUT2D eigenvalue weighted by molar-refractivity contribution is 0.0910. The van der Waals surface area contributed by atoms with Crippen molar-refractivity contribution in [1.82, 2.24) is 14.8 Å². The first-order valence-corrected chi connectivity index (χ1v) is 7.92. The minimum atomic E-state index is -0.0366. The number of nitrogens with zero attached hydrogens (tertiary/aromatic N) is 3. The quantitative estimate of drug-likeness (QED) is 0.685. The first kappa shape index (κ1) is 14.1. The smallest absolute Gasteiger partial charge is 0.167 e. The predicted molar refractivity (Wildman–Crippen MR) is 90.0 cm³/mol. The van der Waals surface area contributed by atoms with Gasteiger partial charge in [0, 0.05) is 11.8 Å². The Labute approximate surface area is 135 Å². The summed E-state index contributed by atoms with van der Waals surface area (Å²) in [5.41, 5.74) is 3.49. The van der Waals surface area contributed by atoms with Gasteiger partial charge in [-0.2, -0.15) is 5.10 Å². The van der Waals surface area contributed by atoms with Crippen molar-refractivity contribution in [2.45, 2.75) is 33.6 Å². The molecule has 0 saturated carbocycles. The minimum absolute atomic E-state index is 0.0366. The van der Waals surface area contributed by atoms with Crippen molar-refractivity contribution in [1.29, 1.82) is 0 Å². The second kappa shape index (κ2) is 4.75. The summed E-state index contributed by atoms with van der Waals surface area (Å²) in [6.45, 7) is 6.18. The van der Waals surface area contributed by atoms with Gasteiger partial charge >= 0.3 is 0 Å². The summed E-state index contributed by atoms with van der Waals surface area (Å²) < 4.78 is 1.86. The Balaban J connectivity index is 1.92. The van der Waals surface area contributed by atoms with Gasteiger partial charge in [-0.15, -0.1) is 0 Å². The van der Waals surface area contributed by atoms with Crippen LogP contribution in [0, 0.1) is 12.3 Å². The van der Waals surface area contributed by atoms with E-state index >= 15 is 0 Å². The number of carbonyl (C=O) groups excluding carboxylic acids is 1. The number of Topliss-reactive ketones (excluding diaryl/α,β-unsaturated/α-hetero) is 1. The average Bonchev–Trinajstić information content (AvgIpc) is 2.82. The van der Waals surface area contributed by atoms with E-state index in [2.05, 4.69) is 25.0 Å². The van der Waals surface area contributed by atoms with E-state index in [-0.39, 0.29) is 11.2 Å². The van der Waals surface area contributed by atoms with E-state index in [1.54, 1.807) is 0 Å². The highest BCUT2D eigenvalue weighted by Crippen LogP contribution is 2.36. The largest absolute Gasteiger partial charge is 0.294 e. The van der Waals surface area contributed by atoms with E-state index < -0.39 is 0 Å². The summed E-state index contributed by atoms with van der Waals surface area (Å²) in [5.74, 6) is 0.972. The number of hydrogen-bond acceptors (Lipinski definition) is 3. The van der Waals surface area contributed by atoms with Crippen LogP contribution < -0.4 is 0 Å². The fourth-order valence-electron chi connectivity index (χ4n) is 3.50. The molecule has 0 bridgehead atoms. The van der Waals surface area contributed by atoms with Gasteiger partial charge in [-0.05, 0) is 37.0 Å². The highest BCUT2D eigenvalue weighted by Gasteiger charge is 2.35. The number of pyridine rings is 1. The Morgan fingerprint density at radius 3 is 2.70 bits per heavy atom. The molecule has 2 heterocycles. The number of fused-ring (bicyclic) bond motifs is 2. The lowest BCUT2D eigenvalue weighted by Gasteiger charge is -2.29. The van der Waals surface area contributed by atoms with Gasteiger partial charge in [0.1, 0.15) is 0 Å². The van der Waals surface area contributed by atoms with Gasteiger partial charge in [-0.1, -0.05) is 32.0 Å². The van der Waals surface area contributed by atoms with Gasteiger partial charge in [-0.3, -0.25) is 4.79 Å². The molecule has 3 aromatic rings. The summed E-state index contributed by atoms with van der Waals surface area (Å²) in [6, 6.07) is 12.1. The topological polar surface area (TPSA) is 47.8 Å². The van der Waals surface area contributed by atoms with Crippen LogP contribution in [0.1, 0.15) is 42.0 Å². The second-order valence-corrected chi connectivity index (χ2v) is 7.12. The Morgan fingerprint density at radius 1 is 1.09 bits per heavy atom. The molecular formula is C19H19N3O. The Kier molecular flexibility index (Phi) is 2.92. The molecule has 0 radical (unpaired) electrons. The molecule has 1 aliphatic rings. The molecule has 4 rings (SSSR count). The fourth-order valence-corrected chi connectivity index (χ4v) is 3.50. The number of aryl methyl sites for hydroxylation is 1. The monoisotopic (exact) mass is 305 g/mol. The van der Waals surface area contributed by atoms with Crippen LogP contribution in [0.4, 0.5) is 0 Å². The highest BCUT2D eigenvalue weighted by atomic mass is 16.1. The van der Waals surface area contributed by atoms with Crippen molar-refractivity contribution in [2.24, 2.45) is 5.41 Å². The molecule has 0 atom stereocenters. The van der Waals surface area contributed by atoms with Crippen molar-refractivity contribution in [3.05, 3.63) is 53.3 Å². The summed E-state index contributed by atoms with van der Waals surface area (Å²) in [4.78, 5) is 17.2. The van der Waals surface area contributed by atoms with Crippen LogP contribution in [0.3, 0.4) is 0 Å². The van der Waals surface area contributed by atoms with Gasteiger partial charge < -0.3 is 0 Å². The number of para-hydroxylation sites is 1. The molecule has 0 aliphatic heterocycles. The van der Waals surface area contributed by atoms with Crippen molar-refractivity contribution >= 4 is 16.7 Å². The van der Waals surface area contributed by atoms with Crippen LogP contribution >= 0.6 is 0 Å². The highest BCUT2D eigenvalue weighted by molar-refractivity contribution is 5.99. The number of carbonyl (C=O) groups is 1. The zero-order valence-electron chi connectivity index (χ0n) is 13.6. The van der Waals surface area contributed by atoms with Crippen LogP contribution in [0.2, 0.25) is 0 Å². The minimum Gasteiger partial charge on any atom is -0.294 e. The van der Waals surface area contributed by atoms with E-state index in [9.17, 15) is 4.79 Å². The maximum absolute atomic E-state index is 12.5. The van der Waals surface area contributed by atoms with Gasteiger partial charge in [0.15, 0.2) is 11.6 Å². The Bertz CT molecular complexity index is 937. The van der Waals surface area contributed by atoms with Crippen molar-refractivity contribution < 1.29 is 4.79 Å². The number of rotatable bonds is 1. The molecule has 23 heavy (non-hydrogen) atoms. The van der Waals surface area contributed by atoms with E-state index in [0.29, 0.717) is 6.42 Å². The molecular weight excluding hydrogens is 286 g/mol. The van der Waals surface area contributed by atoms with Gasteiger partial charge in [-0.25, -0.2) is 9.67 Å². The summed E-state index contributed by atoms with van der Waals surface area (Å²) in [5, 5.41) is 5.72. The van der Waals surface area contributed by atoms with Gasteiger partial charge in [0.25, 0.3) is 0 Å². The van der Waals surface area contributed by atoms with Crippen molar-refractivity contribution in [3.63, 3.8) is 0 Å². The van der Waals surface area contributed by atoms with Crippen LogP contribution in [0.5, 0.6) is 0 Å². The maximum Gasteiger partial charge on any atom is 0.167 e. The predicted octanol–water partition coefficient (Wildman–Crippen LogP) is 3.88. The molecule has 2 aromatic heterocycles. The number of ketones is 1. The van der Waals surface area contributed by atoms with Crippen LogP contribution in [0.15, 0.2) is 36.4 Å². The Morgan fingerprint density at radius 2 is 1.87 bits per heavy atom. The van der Waals surface area contributed by atoms with Crippen molar-refractivity contribution in [2.75, 3.05) is 0 Å². The zero-order chi connectivity index (χ0) is 16.2. The normalized spacial score (nSPS) is 16.6. The summed E-state index contributed by atoms with van der Waals surface area (Å²) in [6.07, 6.45) is 1.42. The molecule has 0 saturated heterocycles. The second-order valence-electron chi connectivity index (χ2n) is 7.12. The van der Waals surface area contributed by atoms with Gasteiger partial charge in [0.2, 0.25) is 0 Å². The third kappa shape index (κ3) is 2.25. The molecule has 4 heteroatoms.